The van der Waals surface area contributed by atoms with Gasteiger partial charge in [0.25, 0.3) is 11.8 Å². The zero-order valence-electron chi connectivity index (χ0n) is 44.2. The Labute approximate surface area is 444 Å². The molecular formula is C54H72Cl2N8O5SSi2. The fraction of sp³-hybridized carbons (Fsp3) is 0.444. The van der Waals surface area contributed by atoms with E-state index in [4.69, 9.17) is 49.9 Å². The highest BCUT2D eigenvalue weighted by Crippen LogP contribution is 2.42. The van der Waals surface area contributed by atoms with Crippen LogP contribution < -0.4 is 21.5 Å². The third kappa shape index (κ3) is 16.2. The second kappa shape index (κ2) is 26.2. The zero-order valence-corrected chi connectivity index (χ0v) is 48.5. The molecule has 1 aromatic heterocycles. The molecule has 0 bridgehead atoms. The van der Waals surface area contributed by atoms with E-state index in [9.17, 15) is 9.59 Å². The Morgan fingerprint density at radius 2 is 1.17 bits per heavy atom. The summed E-state index contributed by atoms with van der Waals surface area (Å²) in [6.07, 6.45) is 1.88. The summed E-state index contributed by atoms with van der Waals surface area (Å²) in [6.45, 7) is 46.0. The first-order valence-corrected chi connectivity index (χ1v) is 31.5. The van der Waals surface area contributed by atoms with Crippen LogP contribution >= 0.6 is 34.5 Å². The summed E-state index contributed by atoms with van der Waals surface area (Å²) in [4.78, 5) is 32.6. The lowest BCUT2D eigenvalue weighted by Crippen LogP contribution is -2.55. The minimum absolute atomic E-state index is 0.0552. The largest absolute Gasteiger partial charge is 0.412 e. The number of carbonyl (C=O) groups excluding carboxylic acids is 2. The number of rotatable bonds is 14. The van der Waals surface area contributed by atoms with Crippen molar-refractivity contribution in [2.24, 2.45) is 0 Å². The number of amides is 2. The maximum Gasteiger partial charge on any atom is 0.269 e. The highest BCUT2D eigenvalue weighted by molar-refractivity contribution is 7.14. The molecule has 1 aliphatic rings. The van der Waals surface area contributed by atoms with Gasteiger partial charge in [-0.25, -0.2) is 9.69 Å². The van der Waals surface area contributed by atoms with Crippen molar-refractivity contribution in [1.29, 1.82) is 0 Å². The molecule has 18 heteroatoms. The molecule has 0 spiro atoms. The summed E-state index contributed by atoms with van der Waals surface area (Å²) in [7, 11) is -4.23. The maximum absolute atomic E-state index is 13.2. The summed E-state index contributed by atoms with van der Waals surface area (Å²) >= 11 is 14.4. The molecule has 0 radical (unpaired) electrons. The van der Waals surface area contributed by atoms with Crippen LogP contribution in [-0.2, 0) is 18.4 Å². The molecule has 2 heterocycles. The van der Waals surface area contributed by atoms with Crippen LogP contribution in [0, 0.1) is 27.0 Å². The Morgan fingerprint density at radius 3 is 1.62 bits per heavy atom. The van der Waals surface area contributed by atoms with Crippen LogP contribution in [-0.4, -0.2) is 70.1 Å². The molecule has 6 rings (SSSR count). The molecule has 13 nitrogen and oxygen atoms in total. The van der Waals surface area contributed by atoms with E-state index >= 15 is 0 Å². The van der Waals surface area contributed by atoms with Gasteiger partial charge in [-0.3, -0.25) is 20.4 Å². The monoisotopic (exact) mass is 1070 g/mol. The molecule has 0 aliphatic carbocycles. The van der Waals surface area contributed by atoms with Gasteiger partial charge in [-0.2, -0.15) is 0 Å². The molecular weight excluding hydrogens is 1000 g/mol. The molecule has 2 amide bonds. The third-order valence-corrected chi connectivity index (χ3v) is 24.4. The average molecular weight is 1070 g/mol. The normalized spacial score (nSPS) is 14.4. The number of carbonyl (C=O) groups is 2. The first-order valence-electron chi connectivity index (χ1n) is 24.1. The van der Waals surface area contributed by atoms with Crippen molar-refractivity contribution in [1.82, 2.24) is 21.0 Å². The lowest BCUT2D eigenvalue weighted by atomic mass is 10.1. The molecule has 386 valence electrons. The van der Waals surface area contributed by atoms with Crippen LogP contribution in [0.3, 0.4) is 0 Å². The third-order valence-electron chi connectivity index (χ3n) is 13.3. The van der Waals surface area contributed by atoms with E-state index in [2.05, 4.69) is 116 Å². The van der Waals surface area contributed by atoms with Gasteiger partial charge in [-0.05, 0) is 112 Å². The predicted octanol–water partition coefficient (Wildman–Crippen LogP) is 14.9. The number of nitrogens with zero attached hydrogens (tertiary/aromatic N) is 4. The van der Waals surface area contributed by atoms with E-state index in [-0.39, 0.29) is 22.2 Å². The summed E-state index contributed by atoms with van der Waals surface area (Å²) in [5.74, 6) is -0.883. The van der Waals surface area contributed by atoms with Crippen LogP contribution in [0.5, 0.6) is 0 Å². The molecule has 72 heavy (non-hydrogen) atoms. The minimum Gasteiger partial charge on any atom is -0.412 e. The van der Waals surface area contributed by atoms with Gasteiger partial charge in [-0.1, -0.05) is 137 Å². The minimum atomic E-state index is -2.20. The van der Waals surface area contributed by atoms with Gasteiger partial charge in [0.15, 0.2) is 16.6 Å². The number of hydrogen-bond acceptors (Lipinski definition) is 10. The maximum atomic E-state index is 13.2. The number of hydrogen-bond donors (Lipinski definition) is 4. The number of nitrogens with one attached hydrogen (secondary N) is 4. The first-order chi connectivity index (χ1) is 33.7. The number of ether oxygens (including phenoxy) is 1. The molecule has 5 aromatic rings. The van der Waals surface area contributed by atoms with E-state index in [1.807, 2.05) is 56.3 Å². The second-order valence-electron chi connectivity index (χ2n) is 20.7. The van der Waals surface area contributed by atoms with Gasteiger partial charge in [0.1, 0.15) is 22.1 Å². The van der Waals surface area contributed by atoms with Crippen molar-refractivity contribution < 1.29 is 23.2 Å². The van der Waals surface area contributed by atoms with Crippen molar-refractivity contribution in [2.75, 3.05) is 23.8 Å². The van der Waals surface area contributed by atoms with Crippen LogP contribution in [0.25, 0.3) is 20.3 Å². The molecule has 4 atom stereocenters. The number of halogens is 2. The molecule has 1 saturated heterocycles. The fourth-order valence-electron chi connectivity index (χ4n) is 6.78. The Morgan fingerprint density at radius 1 is 0.694 bits per heavy atom. The second-order valence-corrected chi connectivity index (χ2v) is 32.0. The lowest BCUT2D eigenvalue weighted by molar-refractivity contribution is -0.124. The van der Waals surface area contributed by atoms with Crippen molar-refractivity contribution in [3.05, 3.63) is 140 Å². The van der Waals surface area contributed by atoms with Crippen molar-refractivity contribution >= 4 is 85.7 Å². The number of benzene rings is 4. The van der Waals surface area contributed by atoms with E-state index in [1.54, 1.807) is 60.7 Å². The standard InChI is InChI=1S/C25H33ClN4O3Si.C25H31ClN4OSSi.C4H8O/c1-16-19(14-15-20(27-6)21(16)26)28-22(17(2)33-34(7,8)25(3,4)5)24(32)30-29-23(31)18-12-10-9-11-13-18;1-16-19(14-15-20(27-6)21(16)26)28-22(17(2)31-33(7,8)25(3,4)5)24-30-29-23(32-24)18-12-10-9-11-13-18;1-2-4-5-3-1/h9-15,17,22,28H,1-5,7-8H3,(H,29,31)(H,30,32);9-15,17,22,28H,1-5,7-8H3;1-4H2/t2*17-,22+;/m00./s1. The van der Waals surface area contributed by atoms with Gasteiger partial charge < -0.3 is 24.2 Å². The van der Waals surface area contributed by atoms with Crippen LogP contribution in [0.4, 0.5) is 22.7 Å². The van der Waals surface area contributed by atoms with Crippen molar-refractivity contribution in [2.45, 2.75) is 143 Å². The van der Waals surface area contributed by atoms with E-state index in [1.165, 1.54) is 12.8 Å². The molecule has 4 N–H and O–H groups in total. The van der Waals surface area contributed by atoms with E-state index in [0.717, 1.165) is 40.0 Å². The molecule has 0 unspecified atom stereocenters. The van der Waals surface area contributed by atoms with Gasteiger partial charge in [0, 0.05) is 35.7 Å². The number of aromatic nitrogens is 2. The number of anilines is 2. The molecule has 0 saturated carbocycles. The van der Waals surface area contributed by atoms with E-state index < -0.39 is 40.6 Å². The van der Waals surface area contributed by atoms with Crippen molar-refractivity contribution in [3.8, 4) is 10.6 Å². The predicted molar refractivity (Wildman–Crippen MR) is 302 cm³/mol. The number of hydrazine groups is 1. The Balaban J connectivity index is 0.000000284. The van der Waals surface area contributed by atoms with Gasteiger partial charge in [0.2, 0.25) is 11.4 Å². The quantitative estimate of drug-likeness (QED) is 0.0485. The summed E-state index contributed by atoms with van der Waals surface area (Å²) in [5, 5.41) is 18.4. The van der Waals surface area contributed by atoms with Crippen LogP contribution in [0.15, 0.2) is 84.9 Å². The Kier molecular flexibility index (Phi) is 21.6. The fourth-order valence-corrected chi connectivity index (χ4v) is 11.0. The van der Waals surface area contributed by atoms with Crippen LogP contribution in [0.1, 0.15) is 101 Å². The molecule has 1 aliphatic heterocycles. The topological polar surface area (TPSA) is 144 Å². The Bertz CT molecular complexity index is 2670. The van der Waals surface area contributed by atoms with Gasteiger partial charge in [-0.15, -0.1) is 10.2 Å². The smallest absolute Gasteiger partial charge is 0.269 e. The SMILES string of the molecule is C1CCOC1.[C-]#[N+]c1ccc(N[C@@H](C(=O)NNC(=O)c2ccccc2)[C@H](C)O[Si](C)(C)C(C)(C)C)c(C)c1Cl.[C-]#[N+]c1ccc(N[C@@H](c2nnc(-c3ccccc3)s2)[C@H](C)O[Si](C)(C)C(C)(C)C)c(C)c1Cl. The summed E-state index contributed by atoms with van der Waals surface area (Å²) in [5.41, 5.74) is 10.2. The zero-order chi connectivity index (χ0) is 53.6. The highest BCUT2D eigenvalue weighted by Gasteiger charge is 2.42. The van der Waals surface area contributed by atoms with Crippen LogP contribution in [0.2, 0.25) is 46.3 Å². The highest BCUT2D eigenvalue weighted by atomic mass is 35.5. The lowest BCUT2D eigenvalue weighted by Gasteiger charge is -2.40. The van der Waals surface area contributed by atoms with E-state index in [0.29, 0.717) is 38.2 Å². The molecule has 1 fully saturated rings. The van der Waals surface area contributed by atoms with Gasteiger partial charge in [0.05, 0.1) is 35.4 Å². The summed E-state index contributed by atoms with van der Waals surface area (Å²) in [6, 6.07) is 24.6. The van der Waals surface area contributed by atoms with Gasteiger partial charge >= 0.3 is 0 Å². The Hall–Kier alpha value is -5.15. The summed E-state index contributed by atoms with van der Waals surface area (Å²) < 4.78 is 18.2. The first kappa shape index (κ1) is 59.4. The molecule has 4 aromatic carbocycles. The van der Waals surface area contributed by atoms with Crippen molar-refractivity contribution in [3.63, 3.8) is 0 Å². The average Bonchev–Trinajstić information content (AvgIpc) is 4.09.